The second kappa shape index (κ2) is 9.87. The molecule has 0 aromatic carbocycles. The van der Waals surface area contributed by atoms with E-state index in [1.807, 2.05) is 13.8 Å². The van der Waals surface area contributed by atoms with E-state index in [4.69, 9.17) is 4.52 Å². The SMILES string of the molecule is CCCCC(CC)CNC(=O)CSCc1c(C)noc1C. The zero-order chi connectivity index (χ0) is 15.7. The molecule has 1 heterocycles. The van der Waals surface area contributed by atoms with Gasteiger partial charge in [0.15, 0.2) is 0 Å². The summed E-state index contributed by atoms with van der Waals surface area (Å²) in [5.74, 6) is 2.87. The predicted octanol–water partition coefficient (Wildman–Crippen LogP) is 3.86. The fourth-order valence-electron chi connectivity index (χ4n) is 2.21. The summed E-state index contributed by atoms with van der Waals surface area (Å²) in [6, 6.07) is 0. The summed E-state index contributed by atoms with van der Waals surface area (Å²) in [5.41, 5.74) is 2.04. The third kappa shape index (κ3) is 6.55. The lowest BCUT2D eigenvalue weighted by Crippen LogP contribution is -2.30. The maximum atomic E-state index is 11.9. The van der Waals surface area contributed by atoms with Crippen LogP contribution in [-0.2, 0) is 10.5 Å². The Morgan fingerprint density at radius 3 is 2.71 bits per heavy atom. The van der Waals surface area contributed by atoms with Crippen LogP contribution in [-0.4, -0.2) is 23.4 Å². The summed E-state index contributed by atoms with van der Waals surface area (Å²) in [7, 11) is 0. The summed E-state index contributed by atoms with van der Waals surface area (Å²) in [6.07, 6.45) is 4.80. The molecule has 4 nitrogen and oxygen atoms in total. The fourth-order valence-corrected chi connectivity index (χ4v) is 3.21. The molecule has 0 aliphatic rings. The lowest BCUT2D eigenvalue weighted by molar-refractivity contribution is -0.118. The number of amides is 1. The number of aryl methyl sites for hydroxylation is 2. The highest BCUT2D eigenvalue weighted by molar-refractivity contribution is 7.99. The van der Waals surface area contributed by atoms with Gasteiger partial charge >= 0.3 is 0 Å². The molecule has 1 amide bonds. The molecule has 21 heavy (non-hydrogen) atoms. The van der Waals surface area contributed by atoms with Crippen LogP contribution in [0, 0.1) is 19.8 Å². The average molecular weight is 312 g/mol. The van der Waals surface area contributed by atoms with E-state index in [2.05, 4.69) is 24.3 Å². The topological polar surface area (TPSA) is 55.1 Å². The first-order chi connectivity index (χ1) is 10.1. The van der Waals surface area contributed by atoms with Crippen LogP contribution in [0.3, 0.4) is 0 Å². The summed E-state index contributed by atoms with van der Waals surface area (Å²) >= 11 is 1.61. The predicted molar refractivity (Wildman–Crippen MR) is 88.5 cm³/mol. The number of thioether (sulfide) groups is 1. The van der Waals surface area contributed by atoms with E-state index in [9.17, 15) is 4.79 Å². The summed E-state index contributed by atoms with van der Waals surface area (Å²) in [5, 5.41) is 6.98. The van der Waals surface area contributed by atoms with Crippen molar-refractivity contribution in [3.8, 4) is 0 Å². The largest absolute Gasteiger partial charge is 0.361 e. The highest BCUT2D eigenvalue weighted by atomic mass is 32.2. The van der Waals surface area contributed by atoms with E-state index in [-0.39, 0.29) is 5.91 Å². The van der Waals surface area contributed by atoms with Crippen LogP contribution in [0.5, 0.6) is 0 Å². The van der Waals surface area contributed by atoms with Gasteiger partial charge in [-0.25, -0.2) is 0 Å². The van der Waals surface area contributed by atoms with E-state index in [0.29, 0.717) is 11.7 Å². The molecule has 0 aliphatic carbocycles. The minimum Gasteiger partial charge on any atom is -0.361 e. The Morgan fingerprint density at radius 2 is 2.14 bits per heavy atom. The third-order valence-corrected chi connectivity index (χ3v) is 4.75. The maximum Gasteiger partial charge on any atom is 0.230 e. The average Bonchev–Trinajstić information content (AvgIpc) is 2.79. The zero-order valence-corrected chi connectivity index (χ0v) is 14.5. The van der Waals surface area contributed by atoms with E-state index >= 15 is 0 Å². The van der Waals surface area contributed by atoms with E-state index in [0.717, 1.165) is 35.7 Å². The molecule has 120 valence electrons. The Bertz CT molecular complexity index is 412. The Labute approximate surface area is 132 Å². The summed E-state index contributed by atoms with van der Waals surface area (Å²) in [4.78, 5) is 11.9. The molecule has 0 saturated heterocycles. The lowest BCUT2D eigenvalue weighted by atomic mass is 9.99. The molecular formula is C16H28N2O2S. The van der Waals surface area contributed by atoms with Crippen molar-refractivity contribution in [2.45, 2.75) is 59.1 Å². The van der Waals surface area contributed by atoms with Gasteiger partial charge in [0.05, 0.1) is 11.4 Å². The molecule has 0 fully saturated rings. The normalized spacial score (nSPS) is 12.4. The van der Waals surface area contributed by atoms with Gasteiger partial charge < -0.3 is 9.84 Å². The van der Waals surface area contributed by atoms with Crippen LogP contribution in [0.25, 0.3) is 0 Å². The van der Waals surface area contributed by atoms with Gasteiger partial charge in [-0.15, -0.1) is 11.8 Å². The van der Waals surface area contributed by atoms with Gasteiger partial charge in [-0.1, -0.05) is 38.3 Å². The standard InChI is InChI=1S/C16H28N2O2S/c1-5-7-8-14(6-2)9-17-16(19)11-21-10-15-12(3)18-20-13(15)4/h14H,5-11H2,1-4H3,(H,17,19). The lowest BCUT2D eigenvalue weighted by Gasteiger charge is -2.15. The molecule has 0 bridgehead atoms. The minimum absolute atomic E-state index is 0.127. The van der Waals surface area contributed by atoms with Crippen molar-refractivity contribution >= 4 is 17.7 Å². The van der Waals surface area contributed by atoms with Gasteiger partial charge in [-0.3, -0.25) is 4.79 Å². The molecular weight excluding hydrogens is 284 g/mol. The van der Waals surface area contributed by atoms with Gasteiger partial charge in [0.1, 0.15) is 5.76 Å². The molecule has 0 saturated carbocycles. The van der Waals surface area contributed by atoms with Crippen molar-refractivity contribution in [2.24, 2.45) is 5.92 Å². The van der Waals surface area contributed by atoms with Crippen molar-refractivity contribution in [3.63, 3.8) is 0 Å². The number of carbonyl (C=O) groups excluding carboxylic acids is 1. The number of rotatable bonds is 10. The van der Waals surface area contributed by atoms with Crippen molar-refractivity contribution in [2.75, 3.05) is 12.3 Å². The first kappa shape index (κ1) is 18.1. The van der Waals surface area contributed by atoms with Crippen LogP contribution < -0.4 is 5.32 Å². The van der Waals surface area contributed by atoms with E-state index in [1.165, 1.54) is 19.3 Å². The molecule has 1 aromatic rings. The Hall–Kier alpha value is -0.970. The summed E-state index contributed by atoms with van der Waals surface area (Å²) < 4.78 is 5.12. The highest BCUT2D eigenvalue weighted by Crippen LogP contribution is 2.19. The van der Waals surface area contributed by atoms with Crippen LogP contribution >= 0.6 is 11.8 Å². The molecule has 5 heteroatoms. The molecule has 0 aliphatic heterocycles. The van der Waals surface area contributed by atoms with Crippen LogP contribution in [0.4, 0.5) is 0 Å². The molecule has 1 rings (SSSR count). The Morgan fingerprint density at radius 1 is 1.38 bits per heavy atom. The number of unbranched alkanes of at least 4 members (excludes halogenated alkanes) is 1. The molecule has 1 atom stereocenters. The molecule has 1 N–H and O–H groups in total. The molecule has 0 spiro atoms. The minimum atomic E-state index is 0.127. The summed E-state index contributed by atoms with van der Waals surface area (Å²) in [6.45, 7) is 9.05. The van der Waals surface area contributed by atoms with Crippen LogP contribution in [0.1, 0.15) is 56.5 Å². The highest BCUT2D eigenvalue weighted by Gasteiger charge is 2.11. The molecule has 1 unspecified atom stereocenters. The van der Waals surface area contributed by atoms with Crippen molar-refractivity contribution < 1.29 is 9.32 Å². The van der Waals surface area contributed by atoms with Gasteiger partial charge in [0, 0.05) is 17.9 Å². The van der Waals surface area contributed by atoms with Gasteiger partial charge in [-0.2, -0.15) is 0 Å². The Balaban J connectivity index is 2.22. The second-order valence-electron chi connectivity index (χ2n) is 5.52. The number of nitrogens with one attached hydrogen (secondary N) is 1. The molecule has 1 aromatic heterocycles. The first-order valence-electron chi connectivity index (χ1n) is 7.84. The van der Waals surface area contributed by atoms with Gasteiger partial charge in [-0.05, 0) is 26.2 Å². The number of hydrogen-bond donors (Lipinski definition) is 1. The fraction of sp³-hybridized carbons (Fsp3) is 0.750. The Kier molecular flexibility index (Phi) is 8.50. The first-order valence-corrected chi connectivity index (χ1v) is 9.00. The van der Waals surface area contributed by atoms with Gasteiger partial charge in [0.2, 0.25) is 5.91 Å². The number of nitrogens with zero attached hydrogens (tertiary/aromatic N) is 1. The number of aromatic nitrogens is 1. The number of carbonyl (C=O) groups is 1. The van der Waals surface area contributed by atoms with Gasteiger partial charge in [0.25, 0.3) is 0 Å². The quantitative estimate of drug-likeness (QED) is 0.713. The third-order valence-electron chi connectivity index (χ3n) is 3.79. The zero-order valence-electron chi connectivity index (χ0n) is 13.7. The van der Waals surface area contributed by atoms with Crippen molar-refractivity contribution in [3.05, 3.63) is 17.0 Å². The van der Waals surface area contributed by atoms with Crippen molar-refractivity contribution in [1.29, 1.82) is 0 Å². The smallest absolute Gasteiger partial charge is 0.230 e. The van der Waals surface area contributed by atoms with E-state index in [1.54, 1.807) is 11.8 Å². The maximum absolute atomic E-state index is 11.9. The molecule has 0 radical (unpaired) electrons. The van der Waals surface area contributed by atoms with E-state index < -0.39 is 0 Å². The van der Waals surface area contributed by atoms with Crippen molar-refractivity contribution in [1.82, 2.24) is 10.5 Å². The monoisotopic (exact) mass is 312 g/mol. The van der Waals surface area contributed by atoms with Crippen LogP contribution in [0.2, 0.25) is 0 Å². The second-order valence-corrected chi connectivity index (χ2v) is 6.50. The van der Waals surface area contributed by atoms with Crippen LogP contribution in [0.15, 0.2) is 4.52 Å². The number of hydrogen-bond acceptors (Lipinski definition) is 4.